The molecule has 1 unspecified atom stereocenters. The van der Waals surface area contributed by atoms with Crippen LogP contribution in [0, 0.1) is 11.8 Å². The van der Waals surface area contributed by atoms with Gasteiger partial charge in [0.25, 0.3) is 0 Å². The first-order chi connectivity index (χ1) is 5.69. The van der Waals surface area contributed by atoms with Crippen molar-refractivity contribution in [2.75, 3.05) is 0 Å². The minimum absolute atomic E-state index is 0.0710. The lowest BCUT2D eigenvalue weighted by atomic mass is 9.79. The largest absolute Gasteiger partial charge is 0.313 e. The van der Waals surface area contributed by atoms with Gasteiger partial charge in [0.2, 0.25) is 0 Å². The summed E-state index contributed by atoms with van der Waals surface area (Å²) < 4.78 is 0. The first-order valence-corrected chi connectivity index (χ1v) is 5.19. The van der Waals surface area contributed by atoms with Crippen molar-refractivity contribution in [1.82, 2.24) is 5.06 Å². The van der Waals surface area contributed by atoms with Gasteiger partial charge in [-0.2, -0.15) is 5.06 Å². The van der Waals surface area contributed by atoms with Crippen LogP contribution in [0.25, 0.3) is 0 Å². The summed E-state index contributed by atoms with van der Waals surface area (Å²) in [5, 5.41) is 11.6. The maximum Gasteiger partial charge on any atom is 0.0441 e. The van der Waals surface area contributed by atoms with Crippen LogP contribution >= 0.6 is 0 Å². The van der Waals surface area contributed by atoms with Crippen LogP contribution in [-0.4, -0.2) is 21.3 Å². The molecule has 1 fully saturated rings. The van der Waals surface area contributed by atoms with E-state index >= 15 is 0 Å². The molecule has 78 valence electrons. The summed E-state index contributed by atoms with van der Waals surface area (Å²) in [6.45, 7) is 13.0. The van der Waals surface area contributed by atoms with E-state index in [1.807, 2.05) is 0 Å². The van der Waals surface area contributed by atoms with Gasteiger partial charge in [-0.1, -0.05) is 13.8 Å². The summed E-state index contributed by atoms with van der Waals surface area (Å²) in [6, 6.07) is 0. The predicted octanol–water partition coefficient (Wildman–Crippen LogP) is 2.91. The molecule has 0 amide bonds. The van der Waals surface area contributed by atoms with Gasteiger partial charge >= 0.3 is 0 Å². The predicted molar refractivity (Wildman–Crippen MR) is 54.7 cm³/mol. The number of hydroxylamine groups is 2. The molecule has 1 rings (SSSR count). The molecule has 1 atom stereocenters. The fraction of sp³-hybridized carbons (Fsp3) is 1.00. The van der Waals surface area contributed by atoms with Crippen LogP contribution in [-0.2, 0) is 0 Å². The molecule has 0 radical (unpaired) electrons. The number of nitrogens with zero attached hydrogens (tertiary/aromatic N) is 1. The van der Waals surface area contributed by atoms with E-state index in [2.05, 4.69) is 41.5 Å². The van der Waals surface area contributed by atoms with Crippen molar-refractivity contribution >= 4 is 0 Å². The van der Waals surface area contributed by atoms with Gasteiger partial charge in [-0.15, -0.1) is 0 Å². The van der Waals surface area contributed by atoms with Gasteiger partial charge in [0, 0.05) is 11.1 Å². The molecule has 0 bridgehead atoms. The van der Waals surface area contributed by atoms with Gasteiger partial charge in [-0.05, 0) is 46.0 Å². The third kappa shape index (κ3) is 1.62. The first-order valence-electron chi connectivity index (χ1n) is 5.19. The maximum atomic E-state index is 10.0. The Labute approximate surface area is 81.9 Å². The number of rotatable bonds is 1. The Balaban J connectivity index is 2.93. The maximum absolute atomic E-state index is 10.0. The quantitative estimate of drug-likeness (QED) is 0.679. The lowest BCUT2D eigenvalue weighted by Crippen LogP contribution is -2.47. The van der Waals surface area contributed by atoms with Crippen LogP contribution in [0.5, 0.6) is 0 Å². The van der Waals surface area contributed by atoms with E-state index in [0.717, 1.165) is 6.42 Å². The fourth-order valence-electron chi connectivity index (χ4n) is 2.86. The van der Waals surface area contributed by atoms with Crippen molar-refractivity contribution in [3.63, 3.8) is 0 Å². The summed E-state index contributed by atoms with van der Waals surface area (Å²) >= 11 is 0. The van der Waals surface area contributed by atoms with Gasteiger partial charge in [0.1, 0.15) is 0 Å². The molecule has 1 aliphatic heterocycles. The number of hydrogen-bond donors (Lipinski definition) is 1. The molecule has 0 aromatic rings. The highest BCUT2D eigenvalue weighted by atomic mass is 16.5. The SMILES string of the molecule is CC(C)C1CC(C)(C)N(O)C1(C)C. The highest BCUT2D eigenvalue weighted by Gasteiger charge is 2.51. The molecule has 2 heteroatoms. The van der Waals surface area contributed by atoms with Crippen molar-refractivity contribution < 1.29 is 5.21 Å². The van der Waals surface area contributed by atoms with Crippen LogP contribution in [0.1, 0.15) is 48.0 Å². The smallest absolute Gasteiger partial charge is 0.0441 e. The Morgan fingerprint density at radius 3 is 1.85 bits per heavy atom. The lowest BCUT2D eigenvalue weighted by Gasteiger charge is -2.37. The van der Waals surface area contributed by atoms with Gasteiger partial charge in [0.05, 0.1) is 0 Å². The summed E-state index contributed by atoms with van der Waals surface area (Å²) in [6.07, 6.45) is 1.08. The van der Waals surface area contributed by atoms with E-state index in [9.17, 15) is 5.21 Å². The summed E-state index contributed by atoms with van der Waals surface area (Å²) in [5.41, 5.74) is -0.157. The first kappa shape index (κ1) is 11.0. The Kier molecular flexibility index (Phi) is 2.50. The highest BCUT2D eigenvalue weighted by molar-refractivity contribution is 5.02. The van der Waals surface area contributed by atoms with Crippen LogP contribution in [0.2, 0.25) is 0 Å². The molecule has 0 aliphatic carbocycles. The standard InChI is InChI=1S/C11H23NO/c1-8(2)9-7-10(3,4)12(13)11(9,5)6/h8-9,13H,7H2,1-6H3. The number of hydrogen-bond acceptors (Lipinski definition) is 2. The van der Waals surface area contributed by atoms with Gasteiger partial charge in [0.15, 0.2) is 0 Å². The summed E-state index contributed by atoms with van der Waals surface area (Å²) in [7, 11) is 0. The van der Waals surface area contributed by atoms with E-state index in [1.54, 1.807) is 5.06 Å². The second-order valence-corrected chi connectivity index (χ2v) is 5.83. The van der Waals surface area contributed by atoms with E-state index in [-0.39, 0.29) is 11.1 Å². The molecule has 2 nitrogen and oxygen atoms in total. The molecular formula is C11H23NO. The van der Waals surface area contributed by atoms with Gasteiger partial charge in [-0.25, -0.2) is 0 Å². The minimum Gasteiger partial charge on any atom is -0.313 e. The fourth-order valence-corrected chi connectivity index (χ4v) is 2.86. The molecule has 0 aromatic heterocycles. The molecule has 0 saturated carbocycles. The minimum atomic E-state index is -0.0856. The summed E-state index contributed by atoms with van der Waals surface area (Å²) in [4.78, 5) is 0. The summed E-state index contributed by atoms with van der Waals surface area (Å²) in [5.74, 6) is 1.21. The van der Waals surface area contributed by atoms with Crippen LogP contribution < -0.4 is 0 Å². The van der Waals surface area contributed by atoms with Crippen LogP contribution in [0.3, 0.4) is 0 Å². The zero-order valence-corrected chi connectivity index (χ0v) is 9.76. The average Bonchev–Trinajstić information content (AvgIpc) is 2.11. The van der Waals surface area contributed by atoms with Crippen molar-refractivity contribution in [3.05, 3.63) is 0 Å². The second-order valence-electron chi connectivity index (χ2n) is 5.83. The third-order valence-corrected chi connectivity index (χ3v) is 3.55. The zero-order chi connectivity index (χ0) is 10.4. The Morgan fingerprint density at radius 1 is 1.23 bits per heavy atom. The average molecular weight is 185 g/mol. The molecule has 1 aliphatic rings. The van der Waals surface area contributed by atoms with E-state index in [0.29, 0.717) is 11.8 Å². The topological polar surface area (TPSA) is 23.5 Å². The van der Waals surface area contributed by atoms with Gasteiger partial charge < -0.3 is 5.21 Å². The Hall–Kier alpha value is -0.0800. The van der Waals surface area contributed by atoms with Crippen molar-refractivity contribution in [3.8, 4) is 0 Å². The highest BCUT2D eigenvalue weighted by Crippen LogP contribution is 2.46. The third-order valence-electron chi connectivity index (χ3n) is 3.55. The molecular weight excluding hydrogens is 162 g/mol. The molecule has 1 heterocycles. The zero-order valence-electron chi connectivity index (χ0n) is 9.76. The van der Waals surface area contributed by atoms with E-state index in [1.165, 1.54) is 0 Å². The molecule has 0 aromatic carbocycles. The van der Waals surface area contributed by atoms with Crippen molar-refractivity contribution in [1.29, 1.82) is 0 Å². The monoisotopic (exact) mass is 185 g/mol. The van der Waals surface area contributed by atoms with E-state index < -0.39 is 0 Å². The molecule has 1 N–H and O–H groups in total. The van der Waals surface area contributed by atoms with Gasteiger partial charge in [-0.3, -0.25) is 0 Å². The lowest BCUT2D eigenvalue weighted by molar-refractivity contribution is -0.198. The van der Waals surface area contributed by atoms with Crippen LogP contribution in [0.4, 0.5) is 0 Å². The van der Waals surface area contributed by atoms with Crippen LogP contribution in [0.15, 0.2) is 0 Å². The van der Waals surface area contributed by atoms with E-state index in [4.69, 9.17) is 0 Å². The Bertz CT molecular complexity index is 196. The molecule has 13 heavy (non-hydrogen) atoms. The molecule has 0 spiro atoms. The van der Waals surface area contributed by atoms with Crippen molar-refractivity contribution in [2.24, 2.45) is 11.8 Å². The Morgan fingerprint density at radius 2 is 1.69 bits per heavy atom. The second kappa shape index (κ2) is 2.96. The van der Waals surface area contributed by atoms with Crippen molar-refractivity contribution in [2.45, 2.75) is 59.0 Å². The molecule has 1 saturated heterocycles. The normalized spacial score (nSPS) is 32.8.